The lowest BCUT2D eigenvalue weighted by Crippen LogP contribution is -2.64. The molecule has 0 amide bonds. The van der Waals surface area contributed by atoms with Crippen molar-refractivity contribution in [1.29, 1.82) is 0 Å². The molecule has 1 rings (SSSR count). The van der Waals surface area contributed by atoms with Gasteiger partial charge in [0.1, 0.15) is 36.6 Å². The van der Waals surface area contributed by atoms with Gasteiger partial charge in [-0.3, -0.25) is 0 Å². The molecule has 1 fully saturated rings. The fraction of sp³-hybridized carbons (Fsp3) is 1.00. The Morgan fingerprint density at radius 3 is 1.31 bits per heavy atom. The van der Waals surface area contributed by atoms with E-state index in [0.717, 1.165) is 0 Å². The van der Waals surface area contributed by atoms with E-state index in [2.05, 4.69) is 4.74 Å². The van der Waals surface area contributed by atoms with Gasteiger partial charge in [0, 0.05) is 7.11 Å². The number of aliphatic hydroxyl groups is 5. The van der Waals surface area contributed by atoms with Crippen molar-refractivity contribution in [2.24, 2.45) is 0 Å². The minimum absolute atomic E-state index is 1.09. The van der Waals surface area contributed by atoms with E-state index in [1.165, 1.54) is 7.11 Å². The van der Waals surface area contributed by atoms with Gasteiger partial charge in [0.15, 0.2) is 0 Å². The van der Waals surface area contributed by atoms with E-state index in [1.54, 1.807) is 0 Å². The Bertz CT molecular complexity index is 158. The highest BCUT2D eigenvalue weighted by Gasteiger charge is 2.48. The van der Waals surface area contributed by atoms with Gasteiger partial charge in [0.05, 0.1) is 0 Å². The first kappa shape index (κ1) is 10.8. The topological polar surface area (TPSA) is 110 Å². The molecule has 6 atom stereocenters. The van der Waals surface area contributed by atoms with Gasteiger partial charge in [-0.05, 0) is 0 Å². The largest absolute Gasteiger partial charge is 0.387 e. The van der Waals surface area contributed by atoms with Gasteiger partial charge < -0.3 is 30.3 Å². The number of hydrogen-bond acceptors (Lipinski definition) is 6. The van der Waals surface area contributed by atoms with Crippen LogP contribution in [0.5, 0.6) is 0 Å². The van der Waals surface area contributed by atoms with Crippen LogP contribution in [0.3, 0.4) is 0 Å². The Hall–Kier alpha value is -0.240. The van der Waals surface area contributed by atoms with Crippen molar-refractivity contribution in [2.45, 2.75) is 36.6 Å². The zero-order valence-electron chi connectivity index (χ0n) is 7.11. The van der Waals surface area contributed by atoms with Crippen molar-refractivity contribution in [3.63, 3.8) is 0 Å². The summed E-state index contributed by atoms with van der Waals surface area (Å²) in [5, 5.41) is 46.1. The van der Waals surface area contributed by atoms with Crippen LogP contribution >= 0.6 is 0 Å². The zero-order valence-corrected chi connectivity index (χ0v) is 7.11. The van der Waals surface area contributed by atoms with Crippen LogP contribution in [0.2, 0.25) is 0 Å². The third-order valence-electron chi connectivity index (χ3n) is 2.35. The fourth-order valence-corrected chi connectivity index (χ4v) is 1.48. The van der Waals surface area contributed by atoms with E-state index < -0.39 is 36.6 Å². The molecular formula is C7H14O6. The summed E-state index contributed by atoms with van der Waals surface area (Å²) in [4.78, 5) is 0. The van der Waals surface area contributed by atoms with E-state index in [4.69, 9.17) is 5.11 Å². The van der Waals surface area contributed by atoms with Gasteiger partial charge in [0.2, 0.25) is 0 Å². The van der Waals surface area contributed by atoms with Crippen LogP contribution in [0.1, 0.15) is 0 Å². The van der Waals surface area contributed by atoms with Crippen LogP contribution < -0.4 is 0 Å². The quantitative estimate of drug-likeness (QED) is 0.301. The molecule has 1 aliphatic rings. The van der Waals surface area contributed by atoms with Crippen LogP contribution in [-0.2, 0) is 4.74 Å². The van der Waals surface area contributed by atoms with Crippen molar-refractivity contribution in [1.82, 2.24) is 0 Å². The molecule has 5 N–H and O–H groups in total. The van der Waals surface area contributed by atoms with Gasteiger partial charge in [-0.15, -0.1) is 0 Å². The molecule has 0 spiro atoms. The Balaban J connectivity index is 2.79. The predicted molar refractivity (Wildman–Crippen MR) is 40.8 cm³/mol. The standard InChI is InChI=1S/C7H14O6/c1-13-7-5(11)3(9)2(8)4(10)6(7)12/h2-12H,1H3/t2?,3-,4-,5-,6?,7?/m0/s1. The van der Waals surface area contributed by atoms with Crippen molar-refractivity contribution < 1.29 is 30.3 Å². The van der Waals surface area contributed by atoms with Gasteiger partial charge in [-0.2, -0.15) is 0 Å². The van der Waals surface area contributed by atoms with Crippen LogP contribution in [0.25, 0.3) is 0 Å². The van der Waals surface area contributed by atoms with E-state index in [0.29, 0.717) is 0 Å². The first-order valence-electron chi connectivity index (χ1n) is 3.93. The van der Waals surface area contributed by atoms with Gasteiger partial charge >= 0.3 is 0 Å². The highest BCUT2D eigenvalue weighted by Crippen LogP contribution is 2.23. The maximum Gasteiger partial charge on any atom is 0.114 e. The Kier molecular flexibility index (Phi) is 3.23. The Morgan fingerprint density at radius 2 is 1.00 bits per heavy atom. The molecule has 0 heterocycles. The summed E-state index contributed by atoms with van der Waals surface area (Å²) < 4.78 is 4.67. The maximum absolute atomic E-state index is 9.29. The summed E-state index contributed by atoms with van der Waals surface area (Å²) >= 11 is 0. The van der Waals surface area contributed by atoms with E-state index in [9.17, 15) is 20.4 Å². The molecule has 78 valence electrons. The number of hydrogen-bond donors (Lipinski definition) is 5. The molecule has 1 saturated carbocycles. The molecule has 6 heteroatoms. The van der Waals surface area contributed by atoms with Gasteiger partial charge in [0.25, 0.3) is 0 Å². The second kappa shape index (κ2) is 3.87. The molecule has 0 aromatic heterocycles. The Morgan fingerprint density at radius 1 is 0.692 bits per heavy atom. The summed E-state index contributed by atoms with van der Waals surface area (Å²) in [6, 6.07) is 0. The molecule has 0 aromatic rings. The lowest BCUT2D eigenvalue weighted by Gasteiger charge is -2.40. The second-order valence-electron chi connectivity index (χ2n) is 3.15. The average Bonchev–Trinajstić information content (AvgIpc) is 2.13. The van der Waals surface area contributed by atoms with Crippen LogP contribution in [0, 0.1) is 0 Å². The lowest BCUT2D eigenvalue weighted by molar-refractivity contribution is -0.229. The molecule has 3 unspecified atom stereocenters. The summed E-state index contributed by atoms with van der Waals surface area (Å²) in [5.74, 6) is 0. The lowest BCUT2D eigenvalue weighted by atomic mass is 9.85. The molecule has 0 aromatic carbocycles. The van der Waals surface area contributed by atoms with Crippen LogP contribution in [0.4, 0.5) is 0 Å². The van der Waals surface area contributed by atoms with Crippen molar-refractivity contribution in [3.05, 3.63) is 0 Å². The summed E-state index contributed by atoms with van der Waals surface area (Å²) in [5.41, 5.74) is 0. The summed E-state index contributed by atoms with van der Waals surface area (Å²) in [6.45, 7) is 0. The fourth-order valence-electron chi connectivity index (χ4n) is 1.48. The molecule has 0 radical (unpaired) electrons. The first-order valence-corrected chi connectivity index (χ1v) is 3.93. The summed E-state index contributed by atoms with van der Waals surface area (Å²) in [7, 11) is 1.23. The molecule has 1 aliphatic carbocycles. The Labute approximate surface area is 75.0 Å². The minimum atomic E-state index is -1.56. The van der Waals surface area contributed by atoms with Crippen LogP contribution in [0.15, 0.2) is 0 Å². The van der Waals surface area contributed by atoms with Crippen LogP contribution in [-0.4, -0.2) is 69.3 Å². The summed E-state index contributed by atoms with van der Waals surface area (Å²) in [6.07, 6.45) is -8.48. The van der Waals surface area contributed by atoms with Crippen molar-refractivity contribution in [3.8, 4) is 0 Å². The third kappa shape index (κ3) is 1.69. The van der Waals surface area contributed by atoms with E-state index >= 15 is 0 Å². The molecule has 13 heavy (non-hydrogen) atoms. The highest BCUT2D eigenvalue weighted by molar-refractivity contribution is 4.99. The van der Waals surface area contributed by atoms with E-state index in [-0.39, 0.29) is 0 Å². The average molecular weight is 194 g/mol. The molecule has 0 saturated heterocycles. The molecule has 0 bridgehead atoms. The smallest absolute Gasteiger partial charge is 0.114 e. The highest BCUT2D eigenvalue weighted by atomic mass is 16.5. The third-order valence-corrected chi connectivity index (χ3v) is 2.35. The molecule has 0 aliphatic heterocycles. The predicted octanol–water partition coefficient (Wildman–Crippen LogP) is -3.18. The second-order valence-corrected chi connectivity index (χ2v) is 3.15. The van der Waals surface area contributed by atoms with Crippen molar-refractivity contribution >= 4 is 0 Å². The SMILES string of the molecule is COC1C(O)[C@@H](O)C(O)[C@H](O)[C@@H]1O. The number of methoxy groups -OCH3 is 1. The minimum Gasteiger partial charge on any atom is -0.387 e. The monoisotopic (exact) mass is 194 g/mol. The zero-order chi connectivity index (χ0) is 10.2. The number of rotatable bonds is 1. The molecule has 6 nitrogen and oxygen atoms in total. The normalized spacial score (nSPS) is 52.2. The van der Waals surface area contributed by atoms with E-state index in [1.807, 2.05) is 0 Å². The maximum atomic E-state index is 9.29. The number of ether oxygens (including phenoxy) is 1. The van der Waals surface area contributed by atoms with Gasteiger partial charge in [-0.25, -0.2) is 0 Å². The van der Waals surface area contributed by atoms with Crippen molar-refractivity contribution in [2.75, 3.05) is 7.11 Å². The first-order chi connectivity index (χ1) is 6.00. The number of aliphatic hydroxyl groups excluding tert-OH is 5. The van der Waals surface area contributed by atoms with Gasteiger partial charge in [-0.1, -0.05) is 0 Å². The molecular weight excluding hydrogens is 180 g/mol.